The topological polar surface area (TPSA) is 69.6 Å². The lowest BCUT2D eigenvalue weighted by molar-refractivity contribution is -0.119. The lowest BCUT2D eigenvalue weighted by Gasteiger charge is -2.40. The first-order valence-corrected chi connectivity index (χ1v) is 10.3. The number of fused-ring (bicyclic) bond motifs is 1. The molecule has 1 aromatic carbocycles. The van der Waals surface area contributed by atoms with Crippen LogP contribution in [0.1, 0.15) is 31.7 Å². The van der Waals surface area contributed by atoms with Crippen LogP contribution >= 0.6 is 0 Å². The van der Waals surface area contributed by atoms with E-state index in [-0.39, 0.29) is 11.3 Å². The van der Waals surface area contributed by atoms with E-state index in [1.807, 2.05) is 12.3 Å². The molecule has 4 rings (SSSR count). The minimum absolute atomic E-state index is 0.0745. The van der Waals surface area contributed by atoms with Crippen molar-refractivity contribution in [2.45, 2.75) is 32.6 Å². The van der Waals surface area contributed by atoms with Crippen LogP contribution in [0.4, 0.5) is 0 Å². The van der Waals surface area contributed by atoms with Gasteiger partial charge in [-0.2, -0.15) is 0 Å². The van der Waals surface area contributed by atoms with Crippen LogP contribution in [0.15, 0.2) is 41.5 Å². The van der Waals surface area contributed by atoms with Gasteiger partial charge in [-0.05, 0) is 37.8 Å². The first kappa shape index (κ1) is 18.7. The summed E-state index contributed by atoms with van der Waals surface area (Å²) >= 11 is 0. The highest BCUT2D eigenvalue weighted by Crippen LogP contribution is 2.36. The molecular formula is C22H29N5O. The molecule has 1 aromatic heterocycles. The number of benzene rings is 1. The Hall–Kier alpha value is -2.63. The van der Waals surface area contributed by atoms with Crippen LogP contribution in [-0.4, -0.2) is 54.5 Å². The third kappa shape index (κ3) is 3.96. The summed E-state index contributed by atoms with van der Waals surface area (Å²) in [5.41, 5.74) is 2.38. The second-order valence-corrected chi connectivity index (χ2v) is 7.96. The molecular weight excluding hydrogens is 350 g/mol. The van der Waals surface area contributed by atoms with Crippen molar-refractivity contribution in [3.63, 3.8) is 0 Å². The largest absolute Gasteiger partial charge is 0.357 e. The number of likely N-dealkylation sites (tertiary alicyclic amines) is 1. The average Bonchev–Trinajstić information content (AvgIpc) is 3.07. The normalized spacial score (nSPS) is 22.7. The van der Waals surface area contributed by atoms with E-state index in [0.717, 1.165) is 63.5 Å². The van der Waals surface area contributed by atoms with E-state index >= 15 is 0 Å². The molecule has 6 heteroatoms. The number of rotatable bonds is 4. The zero-order valence-corrected chi connectivity index (χ0v) is 16.6. The van der Waals surface area contributed by atoms with Crippen molar-refractivity contribution in [3.05, 3.63) is 42.1 Å². The molecule has 3 heterocycles. The van der Waals surface area contributed by atoms with E-state index in [4.69, 9.17) is 4.99 Å². The van der Waals surface area contributed by atoms with Gasteiger partial charge < -0.3 is 15.5 Å². The Labute approximate surface area is 166 Å². The predicted octanol–water partition coefficient (Wildman–Crippen LogP) is 2.34. The molecule has 6 nitrogen and oxygen atoms in total. The van der Waals surface area contributed by atoms with Gasteiger partial charge in [0.1, 0.15) is 0 Å². The average molecular weight is 380 g/mol. The monoisotopic (exact) mass is 379 g/mol. The fourth-order valence-electron chi connectivity index (χ4n) is 4.51. The first-order chi connectivity index (χ1) is 13.7. The van der Waals surface area contributed by atoms with Gasteiger partial charge >= 0.3 is 0 Å². The molecule has 2 aliphatic heterocycles. The number of carbonyl (C=O) groups is 1. The predicted molar refractivity (Wildman–Crippen MR) is 112 cm³/mol. The van der Waals surface area contributed by atoms with Gasteiger partial charge in [0.2, 0.25) is 5.91 Å². The van der Waals surface area contributed by atoms with Gasteiger partial charge in [0, 0.05) is 56.1 Å². The van der Waals surface area contributed by atoms with Crippen molar-refractivity contribution in [2.24, 2.45) is 10.4 Å². The number of para-hydroxylation sites is 1. The van der Waals surface area contributed by atoms with Crippen LogP contribution in [0.25, 0.3) is 10.9 Å². The summed E-state index contributed by atoms with van der Waals surface area (Å²) in [5, 5.41) is 7.64. The fraction of sp³-hybridized carbons (Fsp3) is 0.500. The van der Waals surface area contributed by atoms with Crippen molar-refractivity contribution in [2.75, 3.05) is 32.7 Å². The number of carbonyl (C=O) groups excluding carboxylic acids is 1. The van der Waals surface area contributed by atoms with Gasteiger partial charge in [0.15, 0.2) is 5.96 Å². The Balaban J connectivity index is 1.46. The van der Waals surface area contributed by atoms with Crippen molar-refractivity contribution in [1.82, 2.24) is 20.5 Å². The number of hydrogen-bond acceptors (Lipinski definition) is 3. The van der Waals surface area contributed by atoms with Crippen LogP contribution in [0.2, 0.25) is 0 Å². The van der Waals surface area contributed by atoms with E-state index in [0.29, 0.717) is 6.42 Å². The molecule has 1 unspecified atom stereocenters. The molecule has 0 saturated carbocycles. The number of guanidine groups is 1. The summed E-state index contributed by atoms with van der Waals surface area (Å²) in [4.78, 5) is 23.6. The number of nitrogens with zero attached hydrogens (tertiary/aromatic N) is 3. The first-order valence-electron chi connectivity index (χ1n) is 10.3. The van der Waals surface area contributed by atoms with Crippen LogP contribution in [0.5, 0.6) is 0 Å². The Kier molecular flexibility index (Phi) is 5.46. The van der Waals surface area contributed by atoms with Gasteiger partial charge in [0.25, 0.3) is 0 Å². The summed E-state index contributed by atoms with van der Waals surface area (Å²) in [6.07, 6.45) is 5.58. The highest BCUT2D eigenvalue weighted by molar-refractivity contribution is 5.83. The maximum atomic E-state index is 11.8. The smallest absolute Gasteiger partial charge is 0.220 e. The maximum Gasteiger partial charge on any atom is 0.220 e. The van der Waals surface area contributed by atoms with Crippen LogP contribution < -0.4 is 10.6 Å². The van der Waals surface area contributed by atoms with Crippen molar-refractivity contribution in [3.8, 4) is 0 Å². The van der Waals surface area contributed by atoms with Gasteiger partial charge in [0.05, 0.1) is 5.52 Å². The summed E-state index contributed by atoms with van der Waals surface area (Å²) in [5.74, 6) is 1.15. The lowest BCUT2D eigenvalue weighted by Crippen LogP contribution is -2.51. The van der Waals surface area contributed by atoms with Crippen molar-refractivity contribution >= 4 is 22.8 Å². The SMILES string of the molecule is CCNC(=NCCc1cccc2cccnc12)N1CCCC2(CNC(=O)C2)C1. The van der Waals surface area contributed by atoms with Crippen molar-refractivity contribution in [1.29, 1.82) is 0 Å². The zero-order valence-electron chi connectivity index (χ0n) is 16.6. The summed E-state index contributed by atoms with van der Waals surface area (Å²) in [6, 6.07) is 10.4. The quantitative estimate of drug-likeness (QED) is 0.632. The molecule has 2 N–H and O–H groups in total. The summed E-state index contributed by atoms with van der Waals surface area (Å²) < 4.78 is 0. The van der Waals surface area contributed by atoms with Crippen LogP contribution in [0.3, 0.4) is 0 Å². The fourth-order valence-corrected chi connectivity index (χ4v) is 4.51. The van der Waals surface area contributed by atoms with Gasteiger partial charge in [-0.1, -0.05) is 24.3 Å². The van der Waals surface area contributed by atoms with E-state index in [1.54, 1.807) is 0 Å². The minimum Gasteiger partial charge on any atom is -0.357 e. The van der Waals surface area contributed by atoms with Gasteiger partial charge in [-0.3, -0.25) is 14.8 Å². The van der Waals surface area contributed by atoms with E-state index in [1.165, 1.54) is 10.9 Å². The Morgan fingerprint density at radius 3 is 3.07 bits per heavy atom. The second-order valence-electron chi connectivity index (χ2n) is 7.96. The molecule has 1 spiro atoms. The van der Waals surface area contributed by atoms with Crippen LogP contribution in [-0.2, 0) is 11.2 Å². The standard InChI is InChI=1S/C22H29N5O/c1-2-23-21(27-13-5-10-22(16-27)14-19(28)26-15-22)25-12-9-18-7-3-6-17-8-4-11-24-20(17)18/h3-4,6-8,11H,2,5,9-10,12-16H2,1H3,(H,23,25)(H,26,28). The number of nitrogens with one attached hydrogen (secondary N) is 2. The molecule has 2 aliphatic rings. The molecule has 0 bridgehead atoms. The van der Waals surface area contributed by atoms with E-state index in [9.17, 15) is 4.79 Å². The Bertz CT molecular complexity index is 875. The third-order valence-electron chi connectivity index (χ3n) is 5.85. The van der Waals surface area contributed by atoms with Gasteiger partial charge in [-0.15, -0.1) is 0 Å². The number of aromatic nitrogens is 1. The Morgan fingerprint density at radius 1 is 1.36 bits per heavy atom. The zero-order chi connectivity index (χ0) is 19.4. The number of amides is 1. The molecule has 28 heavy (non-hydrogen) atoms. The molecule has 148 valence electrons. The third-order valence-corrected chi connectivity index (χ3v) is 5.85. The molecule has 0 radical (unpaired) electrons. The van der Waals surface area contributed by atoms with Crippen LogP contribution in [0, 0.1) is 5.41 Å². The molecule has 2 aromatic rings. The highest BCUT2D eigenvalue weighted by Gasteiger charge is 2.42. The number of aliphatic imine (C=N–C) groups is 1. The Morgan fingerprint density at radius 2 is 2.25 bits per heavy atom. The lowest BCUT2D eigenvalue weighted by atomic mass is 9.79. The number of hydrogen-bond donors (Lipinski definition) is 2. The van der Waals surface area contributed by atoms with E-state index in [2.05, 4.69) is 51.7 Å². The molecule has 1 amide bonds. The van der Waals surface area contributed by atoms with Crippen molar-refractivity contribution < 1.29 is 4.79 Å². The molecule has 2 fully saturated rings. The van der Waals surface area contributed by atoms with E-state index < -0.39 is 0 Å². The second kappa shape index (κ2) is 8.17. The van der Waals surface area contributed by atoms with Gasteiger partial charge in [-0.25, -0.2) is 0 Å². The summed E-state index contributed by atoms with van der Waals surface area (Å²) in [6.45, 7) is 6.35. The highest BCUT2D eigenvalue weighted by atomic mass is 16.1. The minimum atomic E-state index is 0.0745. The maximum absolute atomic E-state index is 11.8. The molecule has 1 atom stereocenters. The molecule has 2 saturated heterocycles. The number of piperidine rings is 1. The molecule has 0 aliphatic carbocycles. The number of pyridine rings is 1. The summed E-state index contributed by atoms with van der Waals surface area (Å²) in [7, 11) is 0.